The Bertz CT molecular complexity index is 2560. The van der Waals surface area contributed by atoms with Gasteiger partial charge < -0.3 is 0 Å². The molecular weight excluding hydrogens is 1110 g/mol. The fourth-order valence-corrected chi connectivity index (χ4v) is 14.6. The van der Waals surface area contributed by atoms with Crippen molar-refractivity contribution in [3.63, 3.8) is 0 Å². The van der Waals surface area contributed by atoms with Gasteiger partial charge in [0.15, 0.2) is 0 Å². The van der Waals surface area contributed by atoms with Gasteiger partial charge in [0.1, 0.15) is 0 Å². The number of rotatable bonds is 15. The van der Waals surface area contributed by atoms with E-state index in [0.29, 0.717) is 0 Å². The number of hydrogen-bond donors (Lipinski definition) is 1. The summed E-state index contributed by atoms with van der Waals surface area (Å²) < 4.78 is 0. The van der Waals surface area contributed by atoms with E-state index in [2.05, 4.69) is 184 Å². The van der Waals surface area contributed by atoms with Gasteiger partial charge in [0, 0.05) is 77.5 Å². The lowest BCUT2D eigenvalue weighted by molar-refractivity contribution is 0.670. The second kappa shape index (κ2) is 46.4. The van der Waals surface area contributed by atoms with Crippen LogP contribution in [0, 0.1) is 6.92 Å². The maximum atomic E-state index is 4.23. The molecule has 404 valence electrons. The van der Waals surface area contributed by atoms with Gasteiger partial charge in [-0.2, -0.15) is 24.0 Å². The zero-order valence-electron chi connectivity index (χ0n) is 46.6. The molecule has 0 saturated carbocycles. The predicted molar refractivity (Wildman–Crippen MR) is 363 cm³/mol. The van der Waals surface area contributed by atoms with Gasteiger partial charge in [-0.3, -0.25) is 0 Å². The minimum Gasteiger partial charge on any atom is -0.174 e. The van der Waals surface area contributed by atoms with Crippen LogP contribution in [0.1, 0.15) is 148 Å². The lowest BCUT2D eigenvalue weighted by Gasteiger charge is -1.96. The van der Waals surface area contributed by atoms with E-state index in [1.165, 1.54) is 125 Å². The van der Waals surface area contributed by atoms with Gasteiger partial charge in [-0.05, 0) is 152 Å². The number of hydrogen-bond acceptors (Lipinski definition) is 11. The molecule has 10 aromatic heterocycles. The number of unbranched alkanes of at least 4 members (excludes halogenated alkanes) is 5. The van der Waals surface area contributed by atoms with Crippen LogP contribution < -0.4 is 0 Å². The Morgan fingerprint density at radius 3 is 0.986 bits per heavy atom. The van der Waals surface area contributed by atoms with E-state index in [9.17, 15) is 0 Å². The Labute approximate surface area is 496 Å². The standard InChI is InChI=1S/C14H18S2.C13H16S2.C9H8S3.C9H8S2.C8H6S2.5C2H6/c1-2-3-4-5-7-13-10-12(11-16-13)14-8-6-9-15-14;1-2-3-4-6-12-9-11(10-15-12)13-7-5-8-14-13;10-5-8-4-7(6-12-8)9-2-1-3-11-9;1-7-5-8(6-11-7)9-3-2-4-10-9;1-2-8(10-4-1)7-3-5-9-6-7;5*1-2/h6,8-11H,2-5,7H2,1H3;5,7-10H,2-4,6H2,1H3;1-4,6,10H,5H2;2-6H,1H3;1-6H;5*1-2H3. The summed E-state index contributed by atoms with van der Waals surface area (Å²) in [6.07, 6.45) is 11.9. The average molecular weight is 1200 g/mol. The second-order valence-electron chi connectivity index (χ2n) is 14.7. The second-order valence-corrected chi connectivity index (χ2v) is 24.6. The van der Waals surface area contributed by atoms with Gasteiger partial charge in [-0.25, -0.2) is 0 Å². The Morgan fingerprint density at radius 2 is 0.676 bits per heavy atom. The third kappa shape index (κ3) is 27.6. The summed E-state index contributed by atoms with van der Waals surface area (Å²) >= 11 is 22.4. The molecule has 0 spiro atoms. The molecule has 11 heteroatoms. The molecule has 0 nitrogen and oxygen atoms in total. The monoisotopic (exact) mass is 1190 g/mol. The molecule has 0 amide bonds. The minimum atomic E-state index is 0.843. The molecule has 0 bridgehead atoms. The highest BCUT2D eigenvalue weighted by atomic mass is 32.1. The van der Waals surface area contributed by atoms with Gasteiger partial charge in [-0.15, -0.1) is 102 Å². The summed E-state index contributed by atoms with van der Waals surface area (Å²) in [7, 11) is 0. The van der Waals surface area contributed by atoms with Crippen LogP contribution in [0.25, 0.3) is 52.2 Å². The van der Waals surface area contributed by atoms with Crippen molar-refractivity contribution in [1.29, 1.82) is 0 Å². The first-order valence-electron chi connectivity index (χ1n) is 26.6. The van der Waals surface area contributed by atoms with E-state index in [-0.39, 0.29) is 0 Å². The number of thiophene rings is 10. The molecule has 0 atom stereocenters. The normalized spacial score (nSPS) is 9.49. The Morgan fingerprint density at radius 1 is 0.338 bits per heavy atom. The van der Waals surface area contributed by atoms with Crippen LogP contribution >= 0.6 is 126 Å². The van der Waals surface area contributed by atoms with Crippen molar-refractivity contribution in [3.8, 4) is 52.2 Å². The lowest BCUT2D eigenvalue weighted by Crippen LogP contribution is -1.80. The number of aryl methyl sites for hydroxylation is 3. The van der Waals surface area contributed by atoms with Crippen LogP contribution in [0.15, 0.2) is 150 Å². The highest BCUT2D eigenvalue weighted by Gasteiger charge is 2.05. The fourth-order valence-electron chi connectivity index (χ4n) is 6.34. The molecule has 0 unspecified atom stereocenters. The Balaban J connectivity index is 0.000000446. The SMILES string of the molecule is CC.CC.CC.CC.CC.CCCCCCc1cc(-c2cccs2)cs1.CCCCCc1cc(-c2cccs2)cs1.Cc1cc(-c2cccs2)cs1.SCc1cc(-c2cccs2)cs1.c1csc(-c2ccsc2)c1. The van der Waals surface area contributed by atoms with Crippen molar-refractivity contribution in [2.24, 2.45) is 0 Å². The van der Waals surface area contributed by atoms with Crippen LogP contribution in [-0.2, 0) is 18.6 Å². The van der Waals surface area contributed by atoms with Crippen molar-refractivity contribution in [2.45, 2.75) is 154 Å². The highest BCUT2D eigenvalue weighted by Crippen LogP contribution is 2.33. The Hall–Kier alpha value is -2.65. The maximum Gasteiger partial charge on any atom is 0.0351 e. The molecule has 0 aliphatic rings. The molecule has 74 heavy (non-hydrogen) atoms. The van der Waals surface area contributed by atoms with E-state index < -0.39 is 0 Å². The molecule has 0 aliphatic carbocycles. The zero-order valence-corrected chi connectivity index (χ0v) is 55.7. The minimum absolute atomic E-state index is 0.843. The third-order valence-electron chi connectivity index (χ3n) is 9.70. The van der Waals surface area contributed by atoms with Crippen LogP contribution in [0.5, 0.6) is 0 Å². The van der Waals surface area contributed by atoms with E-state index in [0.717, 1.165) is 5.75 Å². The van der Waals surface area contributed by atoms with Gasteiger partial charge in [0.05, 0.1) is 0 Å². The molecular formula is C63H86S11. The summed E-state index contributed by atoms with van der Waals surface area (Å²) in [4.78, 5) is 12.7. The van der Waals surface area contributed by atoms with Crippen molar-refractivity contribution in [3.05, 3.63) is 170 Å². The predicted octanol–water partition coefficient (Wildman–Crippen LogP) is 27.1. The fraction of sp³-hybridized carbons (Fsp3) is 0.365. The Kier molecular flexibility index (Phi) is 43.5. The van der Waals surface area contributed by atoms with E-state index >= 15 is 0 Å². The molecule has 0 saturated heterocycles. The van der Waals surface area contributed by atoms with Crippen molar-refractivity contribution < 1.29 is 0 Å². The quantitative estimate of drug-likeness (QED) is 0.0768. The first-order valence-corrected chi connectivity index (χ1v) is 36.1. The van der Waals surface area contributed by atoms with Crippen molar-refractivity contribution in [1.82, 2.24) is 0 Å². The van der Waals surface area contributed by atoms with E-state index in [1.54, 1.807) is 61.6 Å². The van der Waals surface area contributed by atoms with Crippen LogP contribution in [0.2, 0.25) is 0 Å². The van der Waals surface area contributed by atoms with Crippen LogP contribution in [0.4, 0.5) is 0 Å². The first kappa shape index (κ1) is 69.4. The molecule has 0 fully saturated rings. The van der Waals surface area contributed by atoms with E-state index in [1.807, 2.05) is 126 Å². The summed E-state index contributed by atoms with van der Waals surface area (Å²) in [5, 5.41) is 23.9. The van der Waals surface area contributed by atoms with Gasteiger partial charge >= 0.3 is 0 Å². The zero-order chi connectivity index (χ0) is 54.6. The summed E-state index contributed by atoms with van der Waals surface area (Å²) in [5.74, 6) is 0.843. The largest absolute Gasteiger partial charge is 0.174 e. The third-order valence-corrected chi connectivity index (χ3v) is 19.3. The molecule has 0 N–H and O–H groups in total. The molecule has 0 aliphatic heterocycles. The van der Waals surface area contributed by atoms with Crippen molar-refractivity contribution in [2.75, 3.05) is 0 Å². The molecule has 10 heterocycles. The van der Waals surface area contributed by atoms with Gasteiger partial charge in [0.2, 0.25) is 0 Å². The molecule has 10 rings (SSSR count). The molecule has 10 aromatic rings. The molecule has 0 aromatic carbocycles. The maximum absolute atomic E-state index is 4.23. The van der Waals surface area contributed by atoms with E-state index in [4.69, 9.17) is 0 Å². The van der Waals surface area contributed by atoms with Crippen LogP contribution in [0.3, 0.4) is 0 Å². The first-order chi connectivity index (χ1) is 36.5. The summed E-state index contributed by atoms with van der Waals surface area (Å²) in [6, 6.07) is 32.7. The smallest absolute Gasteiger partial charge is 0.0351 e. The lowest BCUT2D eigenvalue weighted by atomic mass is 10.1. The van der Waals surface area contributed by atoms with Crippen molar-refractivity contribution >= 4 is 126 Å². The summed E-state index contributed by atoms with van der Waals surface area (Å²) in [5.41, 5.74) is 6.86. The topological polar surface area (TPSA) is 0 Å². The summed E-state index contributed by atoms with van der Waals surface area (Å²) in [6.45, 7) is 26.7. The van der Waals surface area contributed by atoms with Gasteiger partial charge in [-0.1, -0.05) is 146 Å². The van der Waals surface area contributed by atoms with Gasteiger partial charge in [0.25, 0.3) is 0 Å². The number of thiol groups is 1. The highest BCUT2D eigenvalue weighted by molar-refractivity contribution is 7.79. The van der Waals surface area contributed by atoms with Crippen LogP contribution in [-0.4, -0.2) is 0 Å². The molecule has 0 radical (unpaired) electrons. The average Bonchev–Trinajstić information content (AvgIpc) is 4.30.